The first-order valence-corrected chi connectivity index (χ1v) is 8.97. The third-order valence-corrected chi connectivity index (χ3v) is 3.37. The summed E-state index contributed by atoms with van der Waals surface area (Å²) in [6.07, 6.45) is 2.08. The van der Waals surface area contributed by atoms with E-state index in [0.29, 0.717) is 0 Å². The van der Waals surface area contributed by atoms with E-state index >= 15 is 0 Å². The second kappa shape index (κ2) is 17.7. The topological polar surface area (TPSA) is 0 Å². The fraction of sp³-hybridized carbons (Fsp3) is 0.0370. The Bertz CT molecular complexity index is 706. The van der Waals surface area contributed by atoms with E-state index in [0.717, 1.165) is 11.1 Å². The van der Waals surface area contributed by atoms with Crippen LogP contribution in [0, 0.1) is 20.3 Å². The Balaban J connectivity index is 0.000000347. The van der Waals surface area contributed by atoms with Gasteiger partial charge >= 0.3 is 21.7 Å². The SMILES string of the molecule is C[CH-]c1ccccc1.[CH2-]c1ccccc1.[CH2-]c1ccccc1.[Ti+4].c1cc[cH-]c1. The molecule has 0 bridgehead atoms. The largest absolute Gasteiger partial charge is 4.00 e. The molecule has 0 radical (unpaired) electrons. The van der Waals surface area contributed by atoms with E-state index in [1.54, 1.807) is 0 Å². The van der Waals surface area contributed by atoms with Crippen molar-refractivity contribution in [2.75, 3.05) is 0 Å². The van der Waals surface area contributed by atoms with Crippen LogP contribution in [0.5, 0.6) is 0 Å². The summed E-state index contributed by atoms with van der Waals surface area (Å²) in [5.41, 5.74) is 3.43. The smallest absolute Gasteiger partial charge is 0.214 e. The van der Waals surface area contributed by atoms with Gasteiger partial charge in [-0.2, -0.15) is 91.6 Å². The van der Waals surface area contributed by atoms with E-state index in [1.807, 2.05) is 116 Å². The Morgan fingerprint density at radius 3 is 1.11 bits per heavy atom. The molecule has 0 spiro atoms. The van der Waals surface area contributed by atoms with Gasteiger partial charge in [0.05, 0.1) is 0 Å². The average molecular weight is 400 g/mol. The van der Waals surface area contributed by atoms with Crippen LogP contribution >= 0.6 is 0 Å². The predicted molar refractivity (Wildman–Crippen MR) is 119 cm³/mol. The minimum atomic E-state index is 0. The third-order valence-electron chi connectivity index (χ3n) is 3.37. The number of benzene rings is 3. The molecular formula is C27H28Ti. The molecule has 0 aromatic heterocycles. The summed E-state index contributed by atoms with van der Waals surface area (Å²) < 4.78 is 0. The first kappa shape index (κ1) is 25.3. The van der Waals surface area contributed by atoms with Gasteiger partial charge < -0.3 is 0 Å². The van der Waals surface area contributed by atoms with E-state index in [2.05, 4.69) is 32.4 Å². The van der Waals surface area contributed by atoms with Gasteiger partial charge in [-0.05, 0) is 0 Å². The molecule has 0 atom stereocenters. The predicted octanol–water partition coefficient (Wildman–Crippen LogP) is 7.40. The second-order valence-corrected chi connectivity index (χ2v) is 5.63. The Hall–Kier alpha value is -2.67. The number of hydrogen-bond donors (Lipinski definition) is 0. The molecule has 0 saturated heterocycles. The van der Waals surface area contributed by atoms with Crippen molar-refractivity contribution >= 4 is 0 Å². The molecule has 28 heavy (non-hydrogen) atoms. The van der Waals surface area contributed by atoms with Crippen LogP contribution in [0.2, 0.25) is 0 Å². The molecule has 0 aliphatic carbocycles. The normalized spacial score (nSPS) is 8.18. The Morgan fingerprint density at radius 1 is 0.571 bits per heavy atom. The first-order valence-electron chi connectivity index (χ1n) is 8.97. The van der Waals surface area contributed by atoms with Crippen molar-refractivity contribution in [1.29, 1.82) is 0 Å². The van der Waals surface area contributed by atoms with Gasteiger partial charge in [0.15, 0.2) is 0 Å². The van der Waals surface area contributed by atoms with E-state index in [1.165, 1.54) is 5.56 Å². The van der Waals surface area contributed by atoms with Gasteiger partial charge in [0.2, 0.25) is 0 Å². The van der Waals surface area contributed by atoms with Crippen LogP contribution in [0.25, 0.3) is 0 Å². The van der Waals surface area contributed by atoms with Gasteiger partial charge in [-0.25, -0.2) is 12.1 Å². The third kappa shape index (κ3) is 14.5. The zero-order chi connectivity index (χ0) is 19.6. The molecule has 0 fully saturated rings. The molecule has 4 aromatic rings. The van der Waals surface area contributed by atoms with Crippen LogP contribution in [0.3, 0.4) is 0 Å². The fourth-order valence-corrected chi connectivity index (χ4v) is 1.92. The molecule has 0 heterocycles. The van der Waals surface area contributed by atoms with E-state index in [-0.39, 0.29) is 21.7 Å². The van der Waals surface area contributed by atoms with Crippen molar-refractivity contribution < 1.29 is 21.7 Å². The molecule has 0 nitrogen and oxygen atoms in total. The monoisotopic (exact) mass is 400 g/mol. The quantitative estimate of drug-likeness (QED) is 0.231. The summed E-state index contributed by atoms with van der Waals surface area (Å²) in [6, 6.07) is 40.0. The van der Waals surface area contributed by atoms with Crippen LogP contribution in [0.4, 0.5) is 0 Å². The van der Waals surface area contributed by atoms with Crippen LogP contribution in [0.1, 0.15) is 23.6 Å². The average Bonchev–Trinajstić information content (AvgIpc) is 3.31. The molecule has 0 unspecified atom stereocenters. The minimum Gasteiger partial charge on any atom is -0.214 e. The van der Waals surface area contributed by atoms with E-state index in [9.17, 15) is 0 Å². The van der Waals surface area contributed by atoms with Crippen LogP contribution in [-0.2, 0) is 21.7 Å². The van der Waals surface area contributed by atoms with Gasteiger partial charge in [0.1, 0.15) is 0 Å². The first-order chi connectivity index (χ1) is 13.2. The summed E-state index contributed by atoms with van der Waals surface area (Å²) in [5, 5.41) is 0. The summed E-state index contributed by atoms with van der Waals surface area (Å²) in [5.74, 6) is 0. The molecule has 0 aliphatic heterocycles. The van der Waals surface area contributed by atoms with Gasteiger partial charge in [0, 0.05) is 0 Å². The van der Waals surface area contributed by atoms with Crippen LogP contribution in [0.15, 0.2) is 121 Å². The second-order valence-electron chi connectivity index (χ2n) is 5.63. The summed E-state index contributed by atoms with van der Waals surface area (Å²) in [4.78, 5) is 0. The molecule has 0 saturated carbocycles. The van der Waals surface area contributed by atoms with Crippen molar-refractivity contribution in [3.63, 3.8) is 0 Å². The van der Waals surface area contributed by atoms with Crippen molar-refractivity contribution in [3.8, 4) is 0 Å². The van der Waals surface area contributed by atoms with Gasteiger partial charge in [-0.1, -0.05) is 25.1 Å². The summed E-state index contributed by atoms with van der Waals surface area (Å²) >= 11 is 0. The molecule has 4 aromatic carbocycles. The fourth-order valence-electron chi connectivity index (χ4n) is 1.92. The van der Waals surface area contributed by atoms with E-state index < -0.39 is 0 Å². The minimum absolute atomic E-state index is 0. The number of hydrogen-bond acceptors (Lipinski definition) is 0. The van der Waals surface area contributed by atoms with Crippen molar-refractivity contribution in [2.24, 2.45) is 0 Å². The number of rotatable bonds is 1. The summed E-state index contributed by atoms with van der Waals surface area (Å²) in [7, 11) is 0. The van der Waals surface area contributed by atoms with Gasteiger partial charge in [-0.3, -0.25) is 0 Å². The molecule has 1 heteroatoms. The molecule has 140 valence electrons. The molecule has 4 rings (SSSR count). The maximum absolute atomic E-state index is 3.72. The van der Waals surface area contributed by atoms with Gasteiger partial charge in [0.25, 0.3) is 0 Å². The maximum atomic E-state index is 3.72. The van der Waals surface area contributed by atoms with Crippen molar-refractivity contribution in [2.45, 2.75) is 6.92 Å². The zero-order valence-corrected chi connectivity index (χ0v) is 18.1. The maximum Gasteiger partial charge on any atom is 4.00 e. The van der Waals surface area contributed by atoms with E-state index in [4.69, 9.17) is 0 Å². The molecule has 0 amide bonds. The van der Waals surface area contributed by atoms with Crippen molar-refractivity contribution in [3.05, 3.63) is 158 Å². The standard InChI is InChI=1S/C8H9.2C7H7.C5H5.Ti/c1-2-8-6-4-3-5-7-8;2*1-7-5-3-2-4-6-7;1-2-4-5-3-1;/h2-7H,1H3;2*2-6H,1H2;1-5H;/q4*-1;+4. The Kier molecular flexibility index (Phi) is 16.0. The van der Waals surface area contributed by atoms with Crippen molar-refractivity contribution in [1.82, 2.24) is 0 Å². The zero-order valence-electron chi connectivity index (χ0n) is 16.5. The Labute approximate surface area is 186 Å². The molecular weight excluding hydrogens is 372 g/mol. The van der Waals surface area contributed by atoms with Crippen LogP contribution in [-0.4, -0.2) is 0 Å². The van der Waals surface area contributed by atoms with Gasteiger partial charge in [-0.15, -0.1) is 36.4 Å². The molecule has 0 N–H and O–H groups in total. The molecule has 0 aliphatic rings. The Morgan fingerprint density at radius 2 is 0.929 bits per heavy atom. The van der Waals surface area contributed by atoms with Crippen LogP contribution < -0.4 is 0 Å². The summed E-state index contributed by atoms with van der Waals surface area (Å²) in [6.45, 7) is 9.48.